The first kappa shape index (κ1) is 15.2. The molecule has 0 radical (unpaired) electrons. The standard InChI is InChI=1S/C14H21BrN2O/c1-10-6-5-7-11(16-10)13(18)17-12(8-9-15)14(2,3)4/h5-7,12H,8-9H2,1-4H3,(H,17,18). The number of carbonyl (C=O) groups excluding carboxylic acids is 1. The molecule has 0 saturated carbocycles. The van der Waals surface area contributed by atoms with E-state index in [1.165, 1.54) is 0 Å². The second-order valence-corrected chi connectivity index (χ2v) is 6.33. The molecule has 0 aliphatic heterocycles. The largest absolute Gasteiger partial charge is 0.347 e. The number of rotatable bonds is 4. The zero-order chi connectivity index (χ0) is 13.8. The molecule has 1 aromatic rings. The fraction of sp³-hybridized carbons (Fsp3) is 0.571. The summed E-state index contributed by atoms with van der Waals surface area (Å²) in [5.74, 6) is -0.0976. The van der Waals surface area contributed by atoms with E-state index in [1.54, 1.807) is 6.07 Å². The van der Waals surface area contributed by atoms with Gasteiger partial charge in [-0.25, -0.2) is 4.98 Å². The van der Waals surface area contributed by atoms with Crippen molar-refractivity contribution < 1.29 is 4.79 Å². The summed E-state index contributed by atoms with van der Waals surface area (Å²) in [5, 5.41) is 3.94. The van der Waals surface area contributed by atoms with Crippen LogP contribution < -0.4 is 5.32 Å². The first-order valence-electron chi connectivity index (χ1n) is 6.15. The highest BCUT2D eigenvalue weighted by molar-refractivity contribution is 9.09. The van der Waals surface area contributed by atoms with Gasteiger partial charge in [-0.2, -0.15) is 0 Å². The Bertz CT molecular complexity index is 413. The van der Waals surface area contributed by atoms with E-state index in [2.05, 4.69) is 47.0 Å². The number of nitrogens with one attached hydrogen (secondary N) is 1. The Balaban J connectivity index is 2.79. The molecule has 0 aromatic carbocycles. The van der Waals surface area contributed by atoms with Crippen molar-refractivity contribution in [1.29, 1.82) is 0 Å². The number of aryl methyl sites for hydroxylation is 1. The van der Waals surface area contributed by atoms with Gasteiger partial charge in [0.1, 0.15) is 5.69 Å². The topological polar surface area (TPSA) is 42.0 Å². The summed E-state index contributed by atoms with van der Waals surface area (Å²) in [7, 11) is 0. The molecule has 0 aliphatic carbocycles. The molecule has 0 spiro atoms. The molecule has 1 aromatic heterocycles. The normalized spacial score (nSPS) is 13.2. The lowest BCUT2D eigenvalue weighted by molar-refractivity contribution is 0.0895. The number of amides is 1. The Morgan fingerprint density at radius 3 is 2.61 bits per heavy atom. The van der Waals surface area contributed by atoms with Crippen LogP contribution in [0.5, 0.6) is 0 Å². The third-order valence-electron chi connectivity index (χ3n) is 2.87. The third kappa shape index (κ3) is 4.41. The van der Waals surface area contributed by atoms with E-state index in [0.29, 0.717) is 5.69 Å². The molecule has 3 nitrogen and oxygen atoms in total. The van der Waals surface area contributed by atoms with Gasteiger partial charge < -0.3 is 5.32 Å². The van der Waals surface area contributed by atoms with Gasteiger partial charge in [0.15, 0.2) is 0 Å². The highest BCUT2D eigenvalue weighted by Crippen LogP contribution is 2.22. The van der Waals surface area contributed by atoms with Crippen molar-refractivity contribution in [3.63, 3.8) is 0 Å². The molecule has 0 aliphatic rings. The number of pyridine rings is 1. The van der Waals surface area contributed by atoms with Gasteiger partial charge in [0.25, 0.3) is 5.91 Å². The summed E-state index contributed by atoms with van der Waals surface area (Å²) >= 11 is 3.43. The maximum Gasteiger partial charge on any atom is 0.270 e. The molecule has 0 saturated heterocycles. The van der Waals surface area contributed by atoms with Gasteiger partial charge in [0, 0.05) is 17.1 Å². The van der Waals surface area contributed by atoms with Crippen LogP contribution in [0.4, 0.5) is 0 Å². The lowest BCUT2D eigenvalue weighted by atomic mass is 9.85. The van der Waals surface area contributed by atoms with Crippen molar-refractivity contribution >= 4 is 21.8 Å². The monoisotopic (exact) mass is 312 g/mol. The van der Waals surface area contributed by atoms with Crippen molar-refractivity contribution in [1.82, 2.24) is 10.3 Å². The van der Waals surface area contributed by atoms with Gasteiger partial charge in [0.2, 0.25) is 0 Å². The third-order valence-corrected chi connectivity index (χ3v) is 3.33. The molecule has 0 fully saturated rings. The molecule has 1 atom stereocenters. The Labute approximate surface area is 118 Å². The van der Waals surface area contributed by atoms with Crippen molar-refractivity contribution in [2.24, 2.45) is 5.41 Å². The zero-order valence-corrected chi connectivity index (χ0v) is 13.0. The van der Waals surface area contributed by atoms with E-state index in [-0.39, 0.29) is 17.4 Å². The van der Waals surface area contributed by atoms with Crippen LogP contribution in [-0.2, 0) is 0 Å². The van der Waals surface area contributed by atoms with Crippen molar-refractivity contribution in [2.45, 2.75) is 40.2 Å². The number of halogens is 1. The number of aromatic nitrogens is 1. The molecular formula is C14H21BrN2O. The predicted molar refractivity (Wildman–Crippen MR) is 78.1 cm³/mol. The van der Waals surface area contributed by atoms with E-state index in [0.717, 1.165) is 17.4 Å². The molecule has 1 rings (SSSR count). The van der Waals surface area contributed by atoms with Crippen LogP contribution in [0.15, 0.2) is 18.2 Å². The minimum Gasteiger partial charge on any atom is -0.347 e. The molecule has 18 heavy (non-hydrogen) atoms. The van der Waals surface area contributed by atoms with Crippen molar-refractivity contribution in [3.8, 4) is 0 Å². The van der Waals surface area contributed by atoms with Crippen LogP contribution in [0.3, 0.4) is 0 Å². The molecule has 1 N–H and O–H groups in total. The van der Waals surface area contributed by atoms with Crippen LogP contribution in [-0.4, -0.2) is 22.3 Å². The minimum absolute atomic E-state index is 0.0350. The highest BCUT2D eigenvalue weighted by Gasteiger charge is 2.26. The molecule has 1 amide bonds. The number of hydrogen-bond donors (Lipinski definition) is 1. The quantitative estimate of drug-likeness (QED) is 0.867. The summed E-state index contributed by atoms with van der Waals surface area (Å²) in [5.41, 5.74) is 1.38. The summed E-state index contributed by atoms with van der Waals surface area (Å²) < 4.78 is 0. The van der Waals surface area contributed by atoms with E-state index >= 15 is 0 Å². The van der Waals surface area contributed by atoms with E-state index in [1.807, 2.05) is 19.1 Å². The van der Waals surface area contributed by atoms with Crippen LogP contribution in [0.1, 0.15) is 43.4 Å². The first-order valence-corrected chi connectivity index (χ1v) is 7.27. The summed E-state index contributed by atoms with van der Waals surface area (Å²) in [6.07, 6.45) is 0.904. The Morgan fingerprint density at radius 1 is 1.44 bits per heavy atom. The van der Waals surface area contributed by atoms with E-state index in [4.69, 9.17) is 0 Å². The van der Waals surface area contributed by atoms with Crippen molar-refractivity contribution in [2.75, 3.05) is 5.33 Å². The van der Waals surface area contributed by atoms with Crippen LogP contribution in [0.2, 0.25) is 0 Å². The Morgan fingerprint density at radius 2 is 2.11 bits per heavy atom. The molecule has 1 unspecified atom stereocenters. The van der Waals surface area contributed by atoms with Crippen molar-refractivity contribution in [3.05, 3.63) is 29.6 Å². The molecule has 4 heteroatoms. The maximum atomic E-state index is 12.1. The van der Waals surface area contributed by atoms with Gasteiger partial charge in [-0.1, -0.05) is 42.8 Å². The fourth-order valence-corrected chi connectivity index (χ4v) is 2.19. The second-order valence-electron chi connectivity index (χ2n) is 5.53. The van der Waals surface area contributed by atoms with Gasteiger partial charge in [-0.3, -0.25) is 4.79 Å². The highest BCUT2D eigenvalue weighted by atomic mass is 79.9. The molecule has 100 valence electrons. The van der Waals surface area contributed by atoms with Crippen LogP contribution >= 0.6 is 15.9 Å². The fourth-order valence-electron chi connectivity index (χ4n) is 1.73. The van der Waals surface area contributed by atoms with E-state index in [9.17, 15) is 4.79 Å². The molecular weight excluding hydrogens is 292 g/mol. The van der Waals surface area contributed by atoms with Crippen LogP contribution in [0, 0.1) is 12.3 Å². The average molecular weight is 313 g/mol. The smallest absolute Gasteiger partial charge is 0.270 e. The predicted octanol–water partition coefficient (Wildman–Crippen LogP) is 3.32. The lowest BCUT2D eigenvalue weighted by Crippen LogP contribution is -2.44. The molecule has 1 heterocycles. The minimum atomic E-state index is -0.0976. The van der Waals surface area contributed by atoms with Gasteiger partial charge in [-0.05, 0) is 30.9 Å². The molecule has 0 bridgehead atoms. The zero-order valence-electron chi connectivity index (χ0n) is 11.5. The van der Waals surface area contributed by atoms with Crippen LogP contribution in [0.25, 0.3) is 0 Å². The summed E-state index contributed by atoms with van der Waals surface area (Å²) in [4.78, 5) is 16.4. The maximum absolute atomic E-state index is 12.1. The first-order chi connectivity index (χ1) is 8.34. The van der Waals surface area contributed by atoms with Gasteiger partial charge in [0.05, 0.1) is 0 Å². The van der Waals surface area contributed by atoms with E-state index < -0.39 is 0 Å². The lowest BCUT2D eigenvalue weighted by Gasteiger charge is -2.31. The number of hydrogen-bond acceptors (Lipinski definition) is 2. The average Bonchev–Trinajstić information content (AvgIpc) is 2.27. The number of carbonyl (C=O) groups is 1. The number of alkyl halides is 1. The summed E-state index contributed by atoms with van der Waals surface area (Å²) in [6.45, 7) is 8.27. The second kappa shape index (κ2) is 6.32. The van der Waals surface area contributed by atoms with Gasteiger partial charge >= 0.3 is 0 Å². The SMILES string of the molecule is Cc1cccc(C(=O)NC(CCBr)C(C)(C)C)n1. The Kier molecular flexibility index (Phi) is 5.32. The van der Waals surface area contributed by atoms with Gasteiger partial charge in [-0.15, -0.1) is 0 Å². The summed E-state index contributed by atoms with van der Waals surface area (Å²) in [6, 6.07) is 5.62. The number of nitrogens with zero attached hydrogens (tertiary/aromatic N) is 1. The Hall–Kier alpha value is -0.900.